The third kappa shape index (κ3) is 3.36. The third-order valence-electron chi connectivity index (χ3n) is 4.84. The molecule has 0 radical (unpaired) electrons. The number of piperazine rings is 1. The zero-order valence-electron chi connectivity index (χ0n) is 13.2. The second kappa shape index (κ2) is 6.73. The highest BCUT2D eigenvalue weighted by molar-refractivity contribution is 5.46. The quantitative estimate of drug-likeness (QED) is 0.898. The highest BCUT2D eigenvalue weighted by Crippen LogP contribution is 2.24. The van der Waals surface area contributed by atoms with Gasteiger partial charge in [0.15, 0.2) is 0 Å². The van der Waals surface area contributed by atoms with Crippen molar-refractivity contribution in [2.24, 2.45) is 5.73 Å². The Balaban J connectivity index is 2.00. The van der Waals surface area contributed by atoms with Gasteiger partial charge in [0, 0.05) is 45.5 Å². The van der Waals surface area contributed by atoms with Gasteiger partial charge in [-0.15, -0.1) is 0 Å². The number of rotatable bonds is 5. The van der Waals surface area contributed by atoms with Crippen molar-refractivity contribution in [1.29, 1.82) is 0 Å². The van der Waals surface area contributed by atoms with E-state index in [0.717, 1.165) is 31.9 Å². The van der Waals surface area contributed by atoms with Gasteiger partial charge in [0.1, 0.15) is 5.82 Å². The normalized spacial score (nSPS) is 21.1. The topological polar surface area (TPSA) is 41.7 Å². The van der Waals surface area contributed by atoms with Gasteiger partial charge in [-0.25, -0.2) is 4.39 Å². The number of halogens is 1. The van der Waals surface area contributed by atoms with E-state index in [1.54, 1.807) is 7.11 Å². The number of nitrogens with zero attached hydrogens (tertiary/aromatic N) is 2. The zero-order valence-corrected chi connectivity index (χ0v) is 13.2. The molecule has 2 N–H and O–H groups in total. The van der Waals surface area contributed by atoms with Gasteiger partial charge in [-0.1, -0.05) is 0 Å². The Hall–Kier alpha value is -1.17. The predicted octanol–water partition coefficient (Wildman–Crippen LogP) is 1.70. The third-order valence-corrected chi connectivity index (χ3v) is 4.84. The Kier molecular flexibility index (Phi) is 5.19. The molecule has 4 nitrogen and oxygen atoms in total. The second-order valence-corrected chi connectivity index (χ2v) is 5.89. The minimum atomic E-state index is -0.193. The number of benzene rings is 1. The van der Waals surface area contributed by atoms with E-state index < -0.39 is 0 Å². The van der Waals surface area contributed by atoms with Crippen LogP contribution in [0, 0.1) is 5.82 Å². The first-order chi connectivity index (χ1) is 10.0. The summed E-state index contributed by atoms with van der Waals surface area (Å²) in [6.07, 6.45) is 0.0832. The van der Waals surface area contributed by atoms with Crippen LogP contribution >= 0.6 is 0 Å². The first kappa shape index (κ1) is 16.2. The van der Waals surface area contributed by atoms with E-state index in [2.05, 4.69) is 23.6 Å². The molecule has 118 valence electrons. The van der Waals surface area contributed by atoms with Gasteiger partial charge >= 0.3 is 0 Å². The highest BCUT2D eigenvalue weighted by Gasteiger charge is 2.38. The fraction of sp³-hybridized carbons (Fsp3) is 0.625. The van der Waals surface area contributed by atoms with E-state index >= 15 is 0 Å². The van der Waals surface area contributed by atoms with Gasteiger partial charge in [-0.05, 0) is 38.1 Å². The second-order valence-electron chi connectivity index (χ2n) is 5.89. The number of ether oxygens (including phenoxy) is 1. The molecule has 0 bridgehead atoms. The number of methoxy groups -OCH3 is 1. The summed E-state index contributed by atoms with van der Waals surface area (Å²) in [5.41, 5.74) is 6.93. The molecular formula is C16H26FN3O. The van der Waals surface area contributed by atoms with Crippen molar-refractivity contribution in [2.75, 3.05) is 44.7 Å². The molecule has 1 aliphatic rings. The lowest BCUT2D eigenvalue weighted by Crippen LogP contribution is -2.63. The minimum Gasteiger partial charge on any atom is -0.380 e. The first-order valence-corrected chi connectivity index (χ1v) is 7.49. The molecule has 1 heterocycles. The molecule has 5 heteroatoms. The summed E-state index contributed by atoms with van der Waals surface area (Å²) in [6.45, 7) is 8.49. The number of hydrogen-bond acceptors (Lipinski definition) is 4. The Morgan fingerprint density at radius 2 is 1.81 bits per heavy atom. The fourth-order valence-corrected chi connectivity index (χ4v) is 2.93. The molecule has 1 aromatic rings. The molecule has 0 aliphatic carbocycles. The van der Waals surface area contributed by atoms with Crippen molar-refractivity contribution >= 4 is 5.69 Å². The van der Waals surface area contributed by atoms with E-state index in [1.807, 2.05) is 12.1 Å². The van der Waals surface area contributed by atoms with Crippen LogP contribution in [-0.4, -0.2) is 56.4 Å². The van der Waals surface area contributed by atoms with Gasteiger partial charge < -0.3 is 15.4 Å². The lowest BCUT2D eigenvalue weighted by molar-refractivity contribution is -0.0333. The first-order valence-electron chi connectivity index (χ1n) is 7.49. The van der Waals surface area contributed by atoms with Crippen LogP contribution in [0.5, 0.6) is 0 Å². The molecule has 1 aromatic carbocycles. The number of anilines is 1. The van der Waals surface area contributed by atoms with E-state index in [4.69, 9.17) is 10.5 Å². The number of nitrogens with two attached hydrogens (primary N) is 1. The van der Waals surface area contributed by atoms with Crippen molar-refractivity contribution in [3.05, 3.63) is 30.1 Å². The molecule has 0 saturated carbocycles. The molecule has 1 fully saturated rings. The largest absolute Gasteiger partial charge is 0.380 e. The van der Waals surface area contributed by atoms with Crippen molar-refractivity contribution < 1.29 is 9.13 Å². The monoisotopic (exact) mass is 295 g/mol. The van der Waals surface area contributed by atoms with Gasteiger partial charge in [0.05, 0.1) is 11.6 Å². The molecule has 0 aromatic heterocycles. The van der Waals surface area contributed by atoms with Crippen molar-refractivity contribution in [1.82, 2.24) is 4.90 Å². The molecule has 1 aliphatic heterocycles. The Labute approximate surface area is 126 Å². The van der Waals surface area contributed by atoms with Crippen LogP contribution in [-0.2, 0) is 4.74 Å². The average molecular weight is 295 g/mol. The van der Waals surface area contributed by atoms with E-state index in [-0.39, 0.29) is 17.5 Å². The average Bonchev–Trinajstić information content (AvgIpc) is 2.54. The summed E-state index contributed by atoms with van der Waals surface area (Å²) in [7, 11) is 1.73. The van der Waals surface area contributed by atoms with Gasteiger partial charge in [0.25, 0.3) is 0 Å². The Bertz CT molecular complexity index is 445. The van der Waals surface area contributed by atoms with Gasteiger partial charge in [-0.2, -0.15) is 0 Å². The summed E-state index contributed by atoms with van der Waals surface area (Å²) in [5, 5.41) is 0. The van der Waals surface area contributed by atoms with Crippen LogP contribution < -0.4 is 10.6 Å². The minimum absolute atomic E-state index is 0.0832. The SMILES string of the molecule is COC(C)C(C)(CN)N1CCN(c2ccc(F)cc2)CC1. The van der Waals surface area contributed by atoms with Crippen molar-refractivity contribution in [2.45, 2.75) is 25.5 Å². The molecule has 21 heavy (non-hydrogen) atoms. The lowest BCUT2D eigenvalue weighted by Gasteiger charge is -2.48. The van der Waals surface area contributed by atoms with E-state index in [0.29, 0.717) is 6.54 Å². The zero-order chi connectivity index (χ0) is 15.5. The molecule has 0 amide bonds. The van der Waals surface area contributed by atoms with Crippen LogP contribution in [0.15, 0.2) is 24.3 Å². The molecule has 0 spiro atoms. The van der Waals surface area contributed by atoms with Crippen molar-refractivity contribution in [3.63, 3.8) is 0 Å². The summed E-state index contributed by atoms with van der Waals surface area (Å²) >= 11 is 0. The summed E-state index contributed by atoms with van der Waals surface area (Å²) in [6, 6.07) is 6.70. The number of hydrogen-bond donors (Lipinski definition) is 1. The lowest BCUT2D eigenvalue weighted by atomic mass is 9.92. The molecule has 1 saturated heterocycles. The Morgan fingerprint density at radius 3 is 2.29 bits per heavy atom. The standard InChI is InChI=1S/C16H26FN3O/c1-13(21-3)16(2,12-18)20-10-8-19(9-11-20)15-6-4-14(17)5-7-15/h4-7,13H,8-12,18H2,1-3H3. The fourth-order valence-electron chi connectivity index (χ4n) is 2.93. The smallest absolute Gasteiger partial charge is 0.123 e. The maximum absolute atomic E-state index is 13.0. The van der Waals surface area contributed by atoms with E-state index in [1.165, 1.54) is 12.1 Å². The van der Waals surface area contributed by atoms with Crippen LogP contribution in [0.1, 0.15) is 13.8 Å². The van der Waals surface area contributed by atoms with Crippen LogP contribution in [0.2, 0.25) is 0 Å². The van der Waals surface area contributed by atoms with Gasteiger partial charge in [0.2, 0.25) is 0 Å². The molecule has 2 rings (SSSR count). The van der Waals surface area contributed by atoms with Gasteiger partial charge in [-0.3, -0.25) is 4.90 Å². The maximum Gasteiger partial charge on any atom is 0.123 e. The molecule has 2 unspecified atom stereocenters. The molecular weight excluding hydrogens is 269 g/mol. The predicted molar refractivity (Wildman–Crippen MR) is 84.1 cm³/mol. The van der Waals surface area contributed by atoms with Crippen LogP contribution in [0.4, 0.5) is 10.1 Å². The van der Waals surface area contributed by atoms with E-state index in [9.17, 15) is 4.39 Å². The maximum atomic E-state index is 13.0. The summed E-state index contributed by atoms with van der Waals surface area (Å²) in [4.78, 5) is 4.69. The van der Waals surface area contributed by atoms with Crippen LogP contribution in [0.3, 0.4) is 0 Å². The summed E-state index contributed by atoms with van der Waals surface area (Å²) in [5.74, 6) is -0.193. The van der Waals surface area contributed by atoms with Crippen molar-refractivity contribution in [3.8, 4) is 0 Å². The van der Waals surface area contributed by atoms with Crippen LogP contribution in [0.25, 0.3) is 0 Å². The summed E-state index contributed by atoms with van der Waals surface area (Å²) < 4.78 is 18.5. The highest BCUT2D eigenvalue weighted by atomic mass is 19.1. The Morgan fingerprint density at radius 1 is 1.24 bits per heavy atom. The molecule has 2 atom stereocenters.